The van der Waals surface area contributed by atoms with Crippen molar-refractivity contribution in [2.24, 2.45) is 0 Å². The number of nitrogens with zero attached hydrogens (tertiary/aromatic N) is 1. The van der Waals surface area contributed by atoms with Crippen LogP contribution in [-0.4, -0.2) is 43.2 Å². The second-order valence-corrected chi connectivity index (χ2v) is 4.79. The van der Waals surface area contributed by atoms with Crippen molar-refractivity contribution in [3.63, 3.8) is 0 Å². The zero-order chi connectivity index (χ0) is 13.7. The molecular formula is C11H13NO5S. The van der Waals surface area contributed by atoms with E-state index in [1.165, 1.54) is 25.3 Å². The molecule has 0 radical (unpaired) electrons. The molecule has 6 nitrogen and oxygen atoms in total. The van der Waals surface area contributed by atoms with Gasteiger partial charge in [0, 0.05) is 18.9 Å². The van der Waals surface area contributed by atoms with Crippen molar-refractivity contribution in [1.82, 2.24) is 4.98 Å². The van der Waals surface area contributed by atoms with Crippen LogP contribution >= 0.6 is 11.8 Å². The lowest BCUT2D eigenvalue weighted by Gasteiger charge is -2.17. The number of aliphatic hydroxyl groups excluding tert-OH is 2. The summed E-state index contributed by atoms with van der Waals surface area (Å²) in [4.78, 5) is 25.0. The Morgan fingerprint density at radius 1 is 1.44 bits per heavy atom. The summed E-state index contributed by atoms with van der Waals surface area (Å²) in [5, 5.41) is 28.1. The van der Waals surface area contributed by atoms with E-state index in [-0.39, 0.29) is 22.1 Å². The van der Waals surface area contributed by atoms with Crippen molar-refractivity contribution in [3.05, 3.63) is 29.6 Å². The summed E-state index contributed by atoms with van der Waals surface area (Å²) in [5.74, 6) is -1.17. The fourth-order valence-corrected chi connectivity index (χ4v) is 1.85. The number of pyridine rings is 1. The third kappa shape index (κ3) is 4.10. The summed E-state index contributed by atoms with van der Waals surface area (Å²) in [6, 6.07) is 2.60. The van der Waals surface area contributed by atoms with E-state index in [0.29, 0.717) is 0 Å². The lowest BCUT2D eigenvalue weighted by molar-refractivity contribution is -0.109. The minimum Gasteiger partial charge on any atom is -0.477 e. The van der Waals surface area contributed by atoms with E-state index in [4.69, 9.17) is 5.11 Å². The van der Waals surface area contributed by atoms with Crippen LogP contribution < -0.4 is 0 Å². The Morgan fingerprint density at radius 2 is 2.11 bits per heavy atom. The van der Waals surface area contributed by atoms with Crippen LogP contribution in [0.1, 0.15) is 29.1 Å². The quantitative estimate of drug-likeness (QED) is 0.713. The molecular weight excluding hydrogens is 258 g/mol. The first-order valence-corrected chi connectivity index (χ1v) is 6.09. The summed E-state index contributed by atoms with van der Waals surface area (Å²) in [6.07, 6.45) is -1.16. The molecule has 0 saturated carbocycles. The van der Waals surface area contributed by atoms with Crippen LogP contribution in [0.3, 0.4) is 0 Å². The van der Waals surface area contributed by atoms with Crippen LogP contribution in [0.5, 0.6) is 0 Å². The number of aromatic carboxylic acids is 1. The Balaban J connectivity index is 2.76. The van der Waals surface area contributed by atoms with Crippen LogP contribution in [0.4, 0.5) is 0 Å². The maximum Gasteiger partial charge on any atom is 0.354 e. The van der Waals surface area contributed by atoms with Gasteiger partial charge in [-0.1, -0.05) is 11.8 Å². The molecule has 98 valence electrons. The van der Waals surface area contributed by atoms with Crippen LogP contribution in [0, 0.1) is 0 Å². The average Bonchev–Trinajstić information content (AvgIpc) is 2.35. The summed E-state index contributed by atoms with van der Waals surface area (Å²) in [7, 11) is 0. The van der Waals surface area contributed by atoms with Crippen LogP contribution in [0.25, 0.3) is 0 Å². The SMILES string of the molecule is CC(=O)SCC(O)C(O)c1ccnc(C(=O)O)c1. The number of carbonyl (C=O) groups excluding carboxylic acids is 1. The van der Waals surface area contributed by atoms with E-state index < -0.39 is 18.2 Å². The molecule has 7 heteroatoms. The van der Waals surface area contributed by atoms with Crippen molar-refractivity contribution >= 4 is 22.8 Å². The molecule has 3 N–H and O–H groups in total. The Bertz CT molecular complexity index is 451. The number of carboxylic acids is 1. The molecule has 2 atom stereocenters. The summed E-state index contributed by atoms with van der Waals surface area (Å²) >= 11 is 0.892. The lowest BCUT2D eigenvalue weighted by atomic mass is 10.1. The summed E-state index contributed by atoms with van der Waals surface area (Å²) in [6.45, 7) is 1.36. The van der Waals surface area contributed by atoms with E-state index in [2.05, 4.69) is 4.98 Å². The number of rotatable bonds is 5. The van der Waals surface area contributed by atoms with Gasteiger partial charge >= 0.3 is 5.97 Å². The fraction of sp³-hybridized carbons (Fsp3) is 0.364. The number of hydrogen-bond donors (Lipinski definition) is 3. The van der Waals surface area contributed by atoms with Crippen molar-refractivity contribution in [1.29, 1.82) is 0 Å². The maximum atomic E-state index is 10.7. The molecule has 2 unspecified atom stereocenters. The lowest BCUT2D eigenvalue weighted by Crippen LogP contribution is -2.21. The second kappa shape index (κ2) is 6.48. The molecule has 18 heavy (non-hydrogen) atoms. The smallest absolute Gasteiger partial charge is 0.354 e. The Labute approximate surface area is 108 Å². The Hall–Kier alpha value is -1.44. The van der Waals surface area contributed by atoms with Crippen LogP contribution in [0.15, 0.2) is 18.3 Å². The zero-order valence-corrected chi connectivity index (χ0v) is 10.4. The zero-order valence-electron chi connectivity index (χ0n) is 9.61. The third-order valence-corrected chi connectivity index (χ3v) is 3.08. The largest absolute Gasteiger partial charge is 0.477 e. The standard InChI is InChI=1S/C11H13NO5S/c1-6(13)18-5-9(14)10(15)7-2-3-12-8(4-7)11(16)17/h2-4,9-10,14-15H,5H2,1H3,(H,16,17). The predicted octanol–water partition coefficient (Wildman–Crippen LogP) is 0.454. The number of aliphatic hydroxyl groups is 2. The normalized spacial score (nSPS) is 13.9. The highest BCUT2D eigenvalue weighted by atomic mass is 32.2. The molecule has 1 heterocycles. The molecule has 0 aliphatic rings. The molecule has 0 aromatic carbocycles. The van der Waals surface area contributed by atoms with Gasteiger partial charge in [-0.2, -0.15) is 0 Å². The first kappa shape index (κ1) is 14.6. The van der Waals surface area contributed by atoms with E-state index in [1.54, 1.807) is 0 Å². The highest BCUT2D eigenvalue weighted by Crippen LogP contribution is 2.20. The monoisotopic (exact) mass is 271 g/mol. The number of aromatic nitrogens is 1. The highest BCUT2D eigenvalue weighted by Gasteiger charge is 2.20. The average molecular weight is 271 g/mol. The van der Waals surface area contributed by atoms with Crippen molar-refractivity contribution < 1.29 is 24.9 Å². The van der Waals surface area contributed by atoms with E-state index in [1.807, 2.05) is 0 Å². The number of carbonyl (C=O) groups is 2. The molecule has 1 aromatic heterocycles. The van der Waals surface area contributed by atoms with Crippen LogP contribution in [0.2, 0.25) is 0 Å². The maximum absolute atomic E-state index is 10.7. The van der Waals surface area contributed by atoms with Gasteiger partial charge in [-0.15, -0.1) is 0 Å². The van der Waals surface area contributed by atoms with Gasteiger partial charge < -0.3 is 15.3 Å². The van der Waals surface area contributed by atoms with E-state index >= 15 is 0 Å². The molecule has 0 spiro atoms. The molecule has 0 bridgehead atoms. The molecule has 1 aromatic rings. The minimum atomic E-state index is -1.25. The van der Waals surface area contributed by atoms with E-state index in [9.17, 15) is 19.8 Å². The van der Waals surface area contributed by atoms with Gasteiger partial charge in [0.2, 0.25) is 0 Å². The number of hydrogen-bond acceptors (Lipinski definition) is 6. The summed E-state index contributed by atoms with van der Waals surface area (Å²) < 4.78 is 0. The van der Waals surface area contributed by atoms with Gasteiger partial charge in [0.1, 0.15) is 11.8 Å². The van der Waals surface area contributed by atoms with Gasteiger partial charge in [0.25, 0.3) is 0 Å². The van der Waals surface area contributed by atoms with Crippen LogP contribution in [-0.2, 0) is 4.79 Å². The van der Waals surface area contributed by atoms with Gasteiger partial charge in [0.05, 0.1) is 6.10 Å². The Morgan fingerprint density at radius 3 is 2.67 bits per heavy atom. The third-order valence-electron chi connectivity index (χ3n) is 2.17. The Kier molecular flexibility index (Phi) is 5.26. The molecule has 0 saturated heterocycles. The van der Waals surface area contributed by atoms with Crippen molar-refractivity contribution in [2.75, 3.05) is 5.75 Å². The summed E-state index contributed by atoms with van der Waals surface area (Å²) in [5.41, 5.74) is 0.0389. The topological polar surface area (TPSA) is 108 Å². The minimum absolute atomic E-state index is 0.0429. The highest BCUT2D eigenvalue weighted by molar-refractivity contribution is 8.13. The van der Waals surface area contributed by atoms with E-state index in [0.717, 1.165) is 11.8 Å². The van der Waals surface area contributed by atoms with Crippen molar-refractivity contribution in [2.45, 2.75) is 19.1 Å². The number of carboxylic acid groups (broad SMARTS) is 1. The first-order valence-electron chi connectivity index (χ1n) is 5.10. The predicted molar refractivity (Wildman–Crippen MR) is 65.3 cm³/mol. The first-order chi connectivity index (χ1) is 8.41. The molecule has 0 aliphatic heterocycles. The molecule has 0 aliphatic carbocycles. The van der Waals surface area contributed by atoms with Gasteiger partial charge in [-0.05, 0) is 17.7 Å². The molecule has 1 rings (SSSR count). The van der Waals surface area contributed by atoms with Gasteiger partial charge in [-0.3, -0.25) is 4.79 Å². The molecule has 0 amide bonds. The second-order valence-electron chi connectivity index (χ2n) is 3.59. The van der Waals surface area contributed by atoms with Gasteiger partial charge in [-0.25, -0.2) is 9.78 Å². The number of thioether (sulfide) groups is 1. The molecule has 0 fully saturated rings. The van der Waals surface area contributed by atoms with Gasteiger partial charge in [0.15, 0.2) is 5.12 Å². The fourth-order valence-electron chi connectivity index (χ4n) is 1.26. The van der Waals surface area contributed by atoms with Crippen molar-refractivity contribution in [3.8, 4) is 0 Å².